The van der Waals surface area contributed by atoms with Gasteiger partial charge in [0.2, 0.25) is 0 Å². The van der Waals surface area contributed by atoms with Crippen molar-refractivity contribution in [2.45, 2.75) is 58.0 Å². The van der Waals surface area contributed by atoms with Gasteiger partial charge in [-0.25, -0.2) is 13.2 Å². The van der Waals surface area contributed by atoms with Crippen molar-refractivity contribution in [3.63, 3.8) is 0 Å². The van der Waals surface area contributed by atoms with Gasteiger partial charge in [0.05, 0.1) is 12.6 Å². The van der Waals surface area contributed by atoms with E-state index in [4.69, 9.17) is 9.84 Å². The van der Waals surface area contributed by atoms with Crippen molar-refractivity contribution >= 4 is 11.7 Å². The molecule has 0 radical (unpaired) electrons. The van der Waals surface area contributed by atoms with Crippen LogP contribution in [0.2, 0.25) is 0 Å². The molecule has 1 unspecified atom stereocenters. The van der Waals surface area contributed by atoms with Gasteiger partial charge in [0.1, 0.15) is 29.7 Å². The molecule has 234 valence electrons. The Hall–Kier alpha value is -3.56. The first-order chi connectivity index (χ1) is 20.9. The van der Waals surface area contributed by atoms with Crippen LogP contribution in [0, 0.1) is 17.0 Å². The van der Waals surface area contributed by atoms with Crippen LogP contribution in [0.5, 0.6) is 5.75 Å². The van der Waals surface area contributed by atoms with E-state index in [2.05, 4.69) is 0 Å². The lowest BCUT2D eigenvalue weighted by molar-refractivity contribution is -0.141. The summed E-state index contributed by atoms with van der Waals surface area (Å²) in [6, 6.07) is 17.3. The number of likely N-dealkylation sites (tertiary alicyclic amines) is 1. The van der Waals surface area contributed by atoms with Crippen molar-refractivity contribution in [2.24, 2.45) is 5.41 Å². The molecule has 0 aromatic heterocycles. The number of carboxylic acid groups (broad SMARTS) is 1. The lowest BCUT2D eigenvalue weighted by Crippen LogP contribution is -2.58. The first-order valence-corrected chi connectivity index (χ1v) is 15.3. The highest BCUT2D eigenvalue weighted by Gasteiger charge is 2.48. The molecule has 44 heavy (non-hydrogen) atoms. The minimum atomic E-state index is -1.57. The number of carbonyl (C=O) groups is 1. The Kier molecular flexibility index (Phi) is 8.13. The fourth-order valence-corrected chi connectivity index (χ4v) is 7.36. The maximum Gasteiger partial charge on any atom is 0.317 e. The van der Waals surface area contributed by atoms with Gasteiger partial charge in [-0.15, -0.1) is 0 Å². The minimum Gasteiger partial charge on any atom is -0.489 e. The Morgan fingerprint density at radius 1 is 1.05 bits per heavy atom. The fourth-order valence-electron chi connectivity index (χ4n) is 7.36. The van der Waals surface area contributed by atoms with E-state index in [9.17, 15) is 4.79 Å². The van der Waals surface area contributed by atoms with Crippen LogP contribution < -0.4 is 9.64 Å². The van der Waals surface area contributed by atoms with Crippen LogP contribution >= 0.6 is 0 Å². The van der Waals surface area contributed by atoms with Gasteiger partial charge in [-0.05, 0) is 74.6 Å². The first-order valence-electron chi connectivity index (χ1n) is 15.3. The minimum absolute atomic E-state index is 0.00776. The van der Waals surface area contributed by atoms with Gasteiger partial charge in [0, 0.05) is 55.4 Å². The summed E-state index contributed by atoms with van der Waals surface area (Å²) in [6.07, 6.45) is 1.44. The molecule has 2 atom stereocenters. The maximum atomic E-state index is 16.2. The van der Waals surface area contributed by atoms with Crippen molar-refractivity contribution in [1.82, 2.24) is 9.80 Å². The standard InChI is InChI=1S/C35H40F3N3O3/c1-23-13-25-14-27(44-18-24-7-5-4-6-8-24)9-10-28(25)33(41(23)19-34(2,3)38)32-29(36)15-26(16-30(32)37)40-12-11-35(22-40)20-39(21-35)17-31(42)43/h4-10,14-16,23,33H,11-13,17-22H2,1-3H3,(H,42,43)/t23-,33?/m1/s1. The zero-order valence-electron chi connectivity index (χ0n) is 25.5. The quantitative estimate of drug-likeness (QED) is 0.312. The third kappa shape index (κ3) is 6.31. The second-order valence-corrected chi connectivity index (χ2v) is 13.5. The number of fused-ring (bicyclic) bond motifs is 1. The van der Waals surface area contributed by atoms with Crippen LogP contribution in [-0.2, 0) is 17.8 Å². The number of carboxylic acids is 1. The van der Waals surface area contributed by atoms with E-state index in [0.29, 0.717) is 50.6 Å². The number of aliphatic carboxylic acids is 1. The van der Waals surface area contributed by atoms with E-state index in [0.717, 1.165) is 23.1 Å². The fraction of sp³-hybridized carbons (Fsp3) is 0.457. The van der Waals surface area contributed by atoms with E-state index >= 15 is 13.2 Å². The van der Waals surface area contributed by atoms with E-state index < -0.39 is 29.3 Å². The summed E-state index contributed by atoms with van der Waals surface area (Å²) < 4.78 is 53.5. The number of nitrogens with zero attached hydrogens (tertiary/aromatic N) is 3. The Labute approximate surface area is 257 Å². The molecule has 9 heteroatoms. The van der Waals surface area contributed by atoms with Crippen LogP contribution in [0.3, 0.4) is 0 Å². The van der Waals surface area contributed by atoms with Crippen LogP contribution in [0.4, 0.5) is 18.9 Å². The molecule has 3 heterocycles. The van der Waals surface area contributed by atoms with E-state index in [1.165, 1.54) is 26.0 Å². The summed E-state index contributed by atoms with van der Waals surface area (Å²) in [5, 5.41) is 9.08. The Bertz CT molecular complexity index is 1500. The molecule has 3 aliphatic rings. The molecule has 3 aromatic rings. The summed E-state index contributed by atoms with van der Waals surface area (Å²) in [6.45, 7) is 7.99. The smallest absolute Gasteiger partial charge is 0.317 e. The molecule has 0 saturated carbocycles. The molecule has 2 saturated heterocycles. The number of rotatable bonds is 9. The Morgan fingerprint density at radius 2 is 1.75 bits per heavy atom. The maximum absolute atomic E-state index is 16.2. The number of benzene rings is 3. The molecule has 6 nitrogen and oxygen atoms in total. The second kappa shape index (κ2) is 11.7. The molecule has 0 aliphatic carbocycles. The molecule has 0 amide bonds. The third-order valence-corrected chi connectivity index (χ3v) is 9.25. The number of hydrogen-bond acceptors (Lipinski definition) is 5. The number of ether oxygens (including phenoxy) is 1. The van der Waals surface area contributed by atoms with Crippen LogP contribution in [0.25, 0.3) is 0 Å². The van der Waals surface area contributed by atoms with Gasteiger partial charge < -0.3 is 14.7 Å². The van der Waals surface area contributed by atoms with Gasteiger partial charge in [-0.3, -0.25) is 14.6 Å². The lowest BCUT2D eigenvalue weighted by Gasteiger charge is -2.47. The van der Waals surface area contributed by atoms with E-state index in [-0.39, 0.29) is 30.1 Å². The average molecular weight is 608 g/mol. The third-order valence-electron chi connectivity index (χ3n) is 9.25. The summed E-state index contributed by atoms with van der Waals surface area (Å²) in [4.78, 5) is 16.8. The van der Waals surface area contributed by atoms with E-state index in [1.54, 1.807) is 0 Å². The predicted octanol–water partition coefficient (Wildman–Crippen LogP) is 6.22. The van der Waals surface area contributed by atoms with Crippen LogP contribution in [-0.4, -0.2) is 71.9 Å². The topological polar surface area (TPSA) is 56.3 Å². The number of hydrogen-bond donors (Lipinski definition) is 1. The van der Waals surface area contributed by atoms with Gasteiger partial charge in [-0.1, -0.05) is 36.4 Å². The molecule has 3 aliphatic heterocycles. The van der Waals surface area contributed by atoms with Gasteiger partial charge >= 0.3 is 5.97 Å². The average Bonchev–Trinajstić information content (AvgIpc) is 3.38. The monoisotopic (exact) mass is 607 g/mol. The highest BCUT2D eigenvalue weighted by Crippen LogP contribution is 2.45. The Balaban J connectivity index is 1.28. The molecule has 6 rings (SSSR count). The summed E-state index contributed by atoms with van der Waals surface area (Å²) in [5.74, 6) is -1.49. The SMILES string of the molecule is C[C@@H]1Cc2cc(OCc3ccccc3)ccc2C(c2c(F)cc(N3CCC4(CN(CC(=O)O)C4)C3)cc2F)N1CC(C)(C)F. The number of halogens is 3. The van der Waals surface area contributed by atoms with E-state index in [1.807, 2.05) is 70.2 Å². The predicted molar refractivity (Wildman–Crippen MR) is 164 cm³/mol. The van der Waals surface area contributed by atoms with Gasteiger partial charge in [-0.2, -0.15) is 0 Å². The molecular weight excluding hydrogens is 567 g/mol. The highest BCUT2D eigenvalue weighted by molar-refractivity contribution is 5.69. The summed E-state index contributed by atoms with van der Waals surface area (Å²) in [5.41, 5.74) is 1.49. The largest absolute Gasteiger partial charge is 0.489 e. The molecule has 3 aromatic carbocycles. The number of anilines is 1. The van der Waals surface area contributed by atoms with Crippen LogP contribution in [0.15, 0.2) is 60.7 Å². The molecule has 1 N–H and O–H groups in total. The first kappa shape index (κ1) is 30.5. The van der Waals surface area contributed by atoms with Gasteiger partial charge in [0.25, 0.3) is 0 Å². The second-order valence-electron chi connectivity index (χ2n) is 13.5. The van der Waals surface area contributed by atoms with Crippen LogP contribution in [0.1, 0.15) is 55.5 Å². The number of alkyl halides is 1. The zero-order chi connectivity index (χ0) is 31.2. The van der Waals surface area contributed by atoms with Crippen molar-refractivity contribution < 1.29 is 27.8 Å². The normalized spacial score (nSPS) is 21.7. The Morgan fingerprint density at radius 3 is 2.41 bits per heavy atom. The highest BCUT2D eigenvalue weighted by atomic mass is 19.1. The summed E-state index contributed by atoms with van der Waals surface area (Å²) >= 11 is 0. The van der Waals surface area contributed by atoms with Crippen molar-refractivity contribution in [3.8, 4) is 5.75 Å². The molecular formula is C35H40F3N3O3. The zero-order valence-corrected chi connectivity index (χ0v) is 25.5. The lowest BCUT2D eigenvalue weighted by atomic mass is 9.79. The van der Waals surface area contributed by atoms with Crippen molar-refractivity contribution in [3.05, 3.63) is 94.6 Å². The van der Waals surface area contributed by atoms with Crippen molar-refractivity contribution in [1.29, 1.82) is 0 Å². The molecule has 1 spiro atoms. The molecule has 2 fully saturated rings. The molecule has 0 bridgehead atoms. The van der Waals surface area contributed by atoms with Crippen molar-refractivity contribution in [2.75, 3.05) is 44.2 Å². The van der Waals surface area contributed by atoms with Gasteiger partial charge in [0.15, 0.2) is 0 Å². The summed E-state index contributed by atoms with van der Waals surface area (Å²) in [7, 11) is 0.